The number of carbonyl (C=O) groups is 2. The van der Waals surface area contributed by atoms with Gasteiger partial charge in [-0.3, -0.25) is 14.5 Å². The third kappa shape index (κ3) is 6.88. The van der Waals surface area contributed by atoms with Crippen molar-refractivity contribution in [2.45, 2.75) is 31.6 Å². The largest absolute Gasteiger partial charge is 0.346 e. The van der Waals surface area contributed by atoms with Gasteiger partial charge >= 0.3 is 0 Å². The van der Waals surface area contributed by atoms with Gasteiger partial charge in [0.25, 0.3) is 0 Å². The Morgan fingerprint density at radius 3 is 2.24 bits per heavy atom. The highest BCUT2D eigenvalue weighted by molar-refractivity contribution is 9.10. The molecule has 1 fully saturated rings. The molecule has 0 aliphatic carbocycles. The first-order valence-electron chi connectivity index (χ1n) is 11.2. The van der Waals surface area contributed by atoms with Crippen molar-refractivity contribution in [1.82, 2.24) is 14.5 Å². The summed E-state index contributed by atoms with van der Waals surface area (Å²) in [6, 6.07) is 12.6. The number of rotatable bonds is 8. The van der Waals surface area contributed by atoms with Crippen molar-refractivity contribution in [1.29, 1.82) is 0 Å². The average molecular weight is 552 g/mol. The van der Waals surface area contributed by atoms with Crippen LogP contribution in [0.3, 0.4) is 0 Å². The Bertz CT molecular complexity index is 1130. The summed E-state index contributed by atoms with van der Waals surface area (Å²) < 4.78 is 28.3. The molecule has 0 radical (unpaired) electrons. The number of benzene rings is 2. The van der Waals surface area contributed by atoms with E-state index in [-0.39, 0.29) is 29.8 Å². The number of hydrogen-bond acceptors (Lipinski definition) is 5. The van der Waals surface area contributed by atoms with Gasteiger partial charge < -0.3 is 10.6 Å². The lowest BCUT2D eigenvalue weighted by atomic mass is 10.0. The van der Waals surface area contributed by atoms with Crippen molar-refractivity contribution in [2.24, 2.45) is 0 Å². The van der Waals surface area contributed by atoms with Crippen LogP contribution in [-0.4, -0.2) is 68.7 Å². The van der Waals surface area contributed by atoms with Crippen molar-refractivity contribution in [3.8, 4) is 0 Å². The van der Waals surface area contributed by atoms with Crippen LogP contribution in [0.2, 0.25) is 0 Å². The van der Waals surface area contributed by atoms with E-state index in [4.69, 9.17) is 0 Å². The molecule has 0 atom stereocenters. The number of hydrogen-bond donors (Lipinski definition) is 2. The number of aryl methyl sites for hydroxylation is 1. The van der Waals surface area contributed by atoms with Crippen LogP contribution in [0.15, 0.2) is 51.8 Å². The molecule has 0 unspecified atom stereocenters. The first-order valence-corrected chi connectivity index (χ1v) is 13.4. The molecule has 184 valence electrons. The summed E-state index contributed by atoms with van der Waals surface area (Å²) >= 11 is 3.38. The number of anilines is 1. The maximum absolute atomic E-state index is 12.9. The molecule has 3 rings (SSSR count). The zero-order valence-electron chi connectivity index (χ0n) is 19.7. The normalized spacial score (nSPS) is 15.3. The Balaban J connectivity index is 1.44. The van der Waals surface area contributed by atoms with Crippen molar-refractivity contribution in [3.05, 3.63) is 58.1 Å². The zero-order valence-corrected chi connectivity index (χ0v) is 22.1. The summed E-state index contributed by atoms with van der Waals surface area (Å²) in [5.41, 5.74) is 2.70. The monoisotopic (exact) mass is 550 g/mol. The Kier molecular flexibility index (Phi) is 8.86. The Morgan fingerprint density at radius 1 is 1.00 bits per heavy atom. The minimum Gasteiger partial charge on any atom is -0.346 e. The number of halogens is 1. The van der Waals surface area contributed by atoms with E-state index >= 15 is 0 Å². The molecule has 1 aliphatic rings. The van der Waals surface area contributed by atoms with E-state index < -0.39 is 10.0 Å². The summed E-state index contributed by atoms with van der Waals surface area (Å²) in [6.45, 7) is 7.51. The number of amides is 2. The smallest absolute Gasteiger partial charge is 0.243 e. The van der Waals surface area contributed by atoms with Crippen LogP contribution >= 0.6 is 15.9 Å². The lowest BCUT2D eigenvalue weighted by molar-refractivity contribution is -0.125. The maximum Gasteiger partial charge on any atom is 0.243 e. The van der Waals surface area contributed by atoms with E-state index in [0.29, 0.717) is 37.8 Å². The molecule has 2 aromatic rings. The molecule has 2 amide bonds. The second-order valence-electron chi connectivity index (χ2n) is 8.69. The first kappa shape index (κ1) is 26.3. The predicted octanol–water partition coefficient (Wildman–Crippen LogP) is 2.94. The van der Waals surface area contributed by atoms with E-state index in [2.05, 4.69) is 40.4 Å². The second-order valence-corrected chi connectivity index (χ2v) is 11.5. The maximum atomic E-state index is 12.9. The number of nitrogens with one attached hydrogen (secondary N) is 2. The Labute approximate surface area is 209 Å². The molecule has 8 nitrogen and oxygen atoms in total. The summed E-state index contributed by atoms with van der Waals surface area (Å²) in [5.74, 6) is -0.246. The van der Waals surface area contributed by atoms with E-state index in [9.17, 15) is 18.0 Å². The fourth-order valence-electron chi connectivity index (χ4n) is 3.70. The quantitative estimate of drug-likeness (QED) is 0.526. The fourth-order valence-corrected chi connectivity index (χ4v) is 5.60. The summed E-state index contributed by atoms with van der Waals surface area (Å²) in [7, 11) is -3.56. The minimum absolute atomic E-state index is 0.113. The molecule has 34 heavy (non-hydrogen) atoms. The number of sulfonamides is 1. The molecular weight excluding hydrogens is 520 g/mol. The SMILES string of the molecule is Cc1cc(Br)ccc1NC(=O)CNC(=O)CN1CCN(S(=O)(=O)c2ccc(C(C)C)cc2)CC1. The van der Waals surface area contributed by atoms with Crippen molar-refractivity contribution in [3.63, 3.8) is 0 Å². The summed E-state index contributed by atoms with van der Waals surface area (Å²) in [4.78, 5) is 26.6. The zero-order chi connectivity index (χ0) is 24.9. The van der Waals surface area contributed by atoms with Gasteiger partial charge in [0.2, 0.25) is 21.8 Å². The third-order valence-electron chi connectivity index (χ3n) is 5.79. The topological polar surface area (TPSA) is 98.8 Å². The van der Waals surface area contributed by atoms with E-state index in [0.717, 1.165) is 15.6 Å². The lowest BCUT2D eigenvalue weighted by Gasteiger charge is -2.33. The highest BCUT2D eigenvalue weighted by atomic mass is 79.9. The Hall–Kier alpha value is -2.27. The molecule has 0 aromatic heterocycles. The van der Waals surface area contributed by atoms with E-state index in [1.54, 1.807) is 18.2 Å². The predicted molar refractivity (Wildman–Crippen MR) is 136 cm³/mol. The van der Waals surface area contributed by atoms with Gasteiger partial charge in [0.05, 0.1) is 18.0 Å². The van der Waals surface area contributed by atoms with E-state index in [1.165, 1.54) is 4.31 Å². The van der Waals surface area contributed by atoms with Crippen molar-refractivity contribution >= 4 is 43.5 Å². The first-order chi connectivity index (χ1) is 16.1. The van der Waals surface area contributed by atoms with Gasteiger partial charge in [-0.1, -0.05) is 41.9 Å². The van der Waals surface area contributed by atoms with Crippen LogP contribution in [0.5, 0.6) is 0 Å². The molecule has 10 heteroatoms. The number of piperazine rings is 1. The second kappa shape index (κ2) is 11.4. The fraction of sp³-hybridized carbons (Fsp3) is 0.417. The third-order valence-corrected chi connectivity index (χ3v) is 8.20. The summed E-state index contributed by atoms with van der Waals surface area (Å²) in [6.07, 6.45) is 0. The molecule has 1 heterocycles. The molecule has 0 saturated carbocycles. The Morgan fingerprint density at radius 2 is 1.65 bits per heavy atom. The van der Waals surface area contributed by atoms with Gasteiger partial charge in [-0.25, -0.2) is 8.42 Å². The van der Waals surface area contributed by atoms with Crippen LogP contribution in [0, 0.1) is 6.92 Å². The van der Waals surface area contributed by atoms with Crippen molar-refractivity contribution < 1.29 is 18.0 Å². The van der Waals surface area contributed by atoms with Gasteiger partial charge in [0.1, 0.15) is 0 Å². The van der Waals surface area contributed by atoms with E-state index in [1.807, 2.05) is 36.1 Å². The molecule has 1 aliphatic heterocycles. The standard InChI is InChI=1S/C24H31BrN4O4S/c1-17(2)19-4-7-21(8-5-19)34(32,33)29-12-10-28(11-13-29)16-24(31)26-15-23(30)27-22-9-6-20(25)14-18(22)3/h4-9,14,17H,10-13,15-16H2,1-3H3,(H,26,31)(H,27,30). The van der Waals surface area contributed by atoms with Gasteiger partial charge in [-0.15, -0.1) is 0 Å². The van der Waals surface area contributed by atoms with Crippen LogP contribution in [0.1, 0.15) is 30.9 Å². The lowest BCUT2D eigenvalue weighted by Crippen LogP contribution is -2.51. The molecule has 0 bridgehead atoms. The highest BCUT2D eigenvalue weighted by Crippen LogP contribution is 2.22. The average Bonchev–Trinajstić information content (AvgIpc) is 2.80. The van der Waals surface area contributed by atoms with Crippen LogP contribution in [0.25, 0.3) is 0 Å². The van der Waals surface area contributed by atoms with Gasteiger partial charge in [-0.2, -0.15) is 4.31 Å². The number of nitrogens with zero attached hydrogens (tertiary/aromatic N) is 2. The molecule has 0 spiro atoms. The molecular formula is C24H31BrN4O4S. The van der Waals surface area contributed by atoms with Crippen molar-refractivity contribution in [2.75, 3.05) is 44.6 Å². The van der Waals surface area contributed by atoms with Gasteiger partial charge in [0, 0.05) is 36.3 Å². The summed E-state index contributed by atoms with van der Waals surface area (Å²) in [5, 5.41) is 5.41. The molecule has 2 N–H and O–H groups in total. The molecule has 1 saturated heterocycles. The van der Waals surface area contributed by atoms with Gasteiger partial charge in [-0.05, 0) is 54.3 Å². The molecule has 2 aromatic carbocycles. The number of carbonyl (C=O) groups excluding carboxylic acids is 2. The minimum atomic E-state index is -3.56. The van der Waals surface area contributed by atoms with Crippen LogP contribution in [-0.2, 0) is 19.6 Å². The van der Waals surface area contributed by atoms with Crippen LogP contribution in [0.4, 0.5) is 5.69 Å². The highest BCUT2D eigenvalue weighted by Gasteiger charge is 2.29. The van der Waals surface area contributed by atoms with Gasteiger partial charge in [0.15, 0.2) is 0 Å². The van der Waals surface area contributed by atoms with Crippen LogP contribution < -0.4 is 10.6 Å².